The first-order chi connectivity index (χ1) is 10.8. The molecule has 2 aromatic heterocycles. The first-order valence-electron chi connectivity index (χ1n) is 6.55. The van der Waals surface area contributed by atoms with Crippen LogP contribution >= 0.6 is 0 Å². The van der Waals surface area contributed by atoms with Gasteiger partial charge >= 0.3 is 6.18 Å². The van der Waals surface area contributed by atoms with Crippen LogP contribution in [0.1, 0.15) is 21.7 Å². The topological polar surface area (TPSA) is 77.0 Å². The van der Waals surface area contributed by atoms with Crippen LogP contribution in [-0.2, 0) is 6.54 Å². The van der Waals surface area contributed by atoms with Crippen LogP contribution in [0.4, 0.5) is 13.2 Å². The lowest BCUT2D eigenvalue weighted by Gasteiger charge is -2.09. The molecule has 0 aliphatic rings. The van der Waals surface area contributed by atoms with Gasteiger partial charge in [-0.3, -0.25) is 4.79 Å². The Balaban J connectivity index is 1.87. The molecule has 23 heavy (non-hydrogen) atoms. The molecule has 2 heterocycles. The van der Waals surface area contributed by atoms with E-state index in [4.69, 9.17) is 0 Å². The third-order valence-electron chi connectivity index (χ3n) is 2.67. The number of halogens is 3. The fourth-order valence-electron chi connectivity index (χ4n) is 1.61. The highest BCUT2D eigenvalue weighted by atomic mass is 19.4. The van der Waals surface area contributed by atoms with Crippen molar-refractivity contribution in [2.45, 2.75) is 19.6 Å². The molecule has 2 aromatic rings. The first-order valence-corrected chi connectivity index (χ1v) is 6.55. The summed E-state index contributed by atoms with van der Waals surface area (Å²) in [6.45, 7) is 0.500. The molecule has 0 spiro atoms. The third kappa shape index (κ3) is 5.53. The van der Waals surface area contributed by atoms with E-state index in [0.29, 0.717) is 11.3 Å². The largest absolute Gasteiger partial charge is 0.468 e. The van der Waals surface area contributed by atoms with Crippen molar-refractivity contribution in [1.82, 2.24) is 20.3 Å². The highest BCUT2D eigenvalue weighted by Crippen LogP contribution is 2.17. The Morgan fingerprint density at radius 3 is 2.65 bits per heavy atom. The normalized spacial score (nSPS) is 11.1. The summed E-state index contributed by atoms with van der Waals surface area (Å²) in [6.07, 6.45) is -1.79. The zero-order valence-electron chi connectivity index (χ0n) is 12.1. The van der Waals surface area contributed by atoms with Gasteiger partial charge in [0.1, 0.15) is 12.0 Å². The maximum atomic E-state index is 12.0. The zero-order valence-corrected chi connectivity index (χ0v) is 12.1. The van der Waals surface area contributed by atoms with Gasteiger partial charge in [0.25, 0.3) is 5.91 Å². The van der Waals surface area contributed by atoms with Crippen molar-refractivity contribution in [3.05, 3.63) is 47.7 Å². The van der Waals surface area contributed by atoms with E-state index >= 15 is 0 Å². The van der Waals surface area contributed by atoms with Gasteiger partial charge in [-0.15, -0.1) is 0 Å². The number of nitrogens with zero attached hydrogens (tertiary/aromatic N) is 3. The summed E-state index contributed by atoms with van der Waals surface area (Å²) in [5.41, 5.74) is 1.51. The van der Waals surface area contributed by atoms with Crippen molar-refractivity contribution in [2.75, 3.05) is 6.61 Å². The summed E-state index contributed by atoms with van der Waals surface area (Å²) in [4.78, 5) is 23.4. The number of pyridine rings is 1. The van der Waals surface area contributed by atoms with Gasteiger partial charge in [0.2, 0.25) is 5.88 Å². The second-order valence-electron chi connectivity index (χ2n) is 4.64. The van der Waals surface area contributed by atoms with Crippen LogP contribution in [0.15, 0.2) is 30.7 Å². The summed E-state index contributed by atoms with van der Waals surface area (Å²) < 4.78 is 40.5. The summed E-state index contributed by atoms with van der Waals surface area (Å²) in [5, 5.41) is 2.63. The molecule has 0 bridgehead atoms. The zero-order chi connectivity index (χ0) is 16.9. The van der Waals surface area contributed by atoms with Crippen LogP contribution < -0.4 is 10.1 Å². The standard InChI is InChI=1S/C14H13F3N4O2/c1-9-4-11(21-8-20-9)13(22)19-6-10-2-3-12(18-5-10)23-7-14(15,16)17/h2-5,8H,6-7H2,1H3,(H,19,22). The average Bonchev–Trinajstić information content (AvgIpc) is 2.51. The number of aryl methyl sites for hydroxylation is 1. The van der Waals surface area contributed by atoms with Gasteiger partial charge in [-0.05, 0) is 18.6 Å². The Kier molecular flexibility index (Phi) is 5.09. The summed E-state index contributed by atoms with van der Waals surface area (Å²) >= 11 is 0. The van der Waals surface area contributed by atoms with E-state index in [1.54, 1.807) is 13.0 Å². The smallest absolute Gasteiger partial charge is 0.422 e. The van der Waals surface area contributed by atoms with Crippen molar-refractivity contribution in [2.24, 2.45) is 0 Å². The van der Waals surface area contributed by atoms with E-state index in [1.165, 1.54) is 24.7 Å². The highest BCUT2D eigenvalue weighted by Gasteiger charge is 2.28. The van der Waals surface area contributed by atoms with Crippen molar-refractivity contribution < 1.29 is 22.7 Å². The van der Waals surface area contributed by atoms with Gasteiger partial charge in [-0.1, -0.05) is 6.07 Å². The van der Waals surface area contributed by atoms with Crippen molar-refractivity contribution in [3.8, 4) is 5.88 Å². The molecule has 0 saturated heterocycles. The van der Waals surface area contributed by atoms with E-state index in [0.717, 1.165) is 0 Å². The summed E-state index contributed by atoms with van der Waals surface area (Å²) in [6, 6.07) is 4.37. The number of alkyl halides is 3. The molecular weight excluding hydrogens is 313 g/mol. The van der Waals surface area contributed by atoms with Crippen molar-refractivity contribution in [1.29, 1.82) is 0 Å². The number of nitrogens with one attached hydrogen (secondary N) is 1. The number of ether oxygens (including phenoxy) is 1. The lowest BCUT2D eigenvalue weighted by molar-refractivity contribution is -0.154. The van der Waals surface area contributed by atoms with Crippen LogP contribution in [0.25, 0.3) is 0 Å². The number of aromatic nitrogens is 3. The molecule has 122 valence electrons. The first kappa shape index (κ1) is 16.7. The molecule has 6 nitrogen and oxygen atoms in total. The number of hydrogen-bond acceptors (Lipinski definition) is 5. The van der Waals surface area contributed by atoms with Gasteiger partial charge in [0, 0.05) is 24.5 Å². The molecule has 0 unspecified atom stereocenters. The molecule has 0 aromatic carbocycles. The summed E-state index contributed by atoms with van der Waals surface area (Å²) in [5.74, 6) is -0.517. The lowest BCUT2D eigenvalue weighted by Crippen LogP contribution is -2.24. The number of carbonyl (C=O) groups is 1. The lowest BCUT2D eigenvalue weighted by atomic mass is 10.2. The van der Waals surface area contributed by atoms with Gasteiger partial charge < -0.3 is 10.1 Å². The van der Waals surface area contributed by atoms with E-state index in [9.17, 15) is 18.0 Å². The van der Waals surface area contributed by atoms with E-state index < -0.39 is 12.8 Å². The van der Waals surface area contributed by atoms with Gasteiger partial charge in [-0.2, -0.15) is 13.2 Å². The summed E-state index contributed by atoms with van der Waals surface area (Å²) in [7, 11) is 0. The Morgan fingerprint density at radius 2 is 2.04 bits per heavy atom. The molecule has 0 aliphatic heterocycles. The monoisotopic (exact) mass is 326 g/mol. The molecule has 0 aliphatic carbocycles. The van der Waals surface area contributed by atoms with Crippen molar-refractivity contribution >= 4 is 5.91 Å². The number of carbonyl (C=O) groups excluding carboxylic acids is 1. The molecule has 1 amide bonds. The van der Waals surface area contributed by atoms with E-state index in [-0.39, 0.29) is 24.0 Å². The Hall–Kier alpha value is -2.71. The van der Waals surface area contributed by atoms with Gasteiger partial charge in [0.05, 0.1) is 0 Å². The van der Waals surface area contributed by atoms with Crippen LogP contribution in [-0.4, -0.2) is 33.6 Å². The molecular formula is C14H13F3N4O2. The van der Waals surface area contributed by atoms with Gasteiger partial charge in [0.15, 0.2) is 6.61 Å². The van der Waals surface area contributed by atoms with Crippen LogP contribution in [0.2, 0.25) is 0 Å². The van der Waals surface area contributed by atoms with Crippen LogP contribution in [0, 0.1) is 6.92 Å². The Bertz CT molecular complexity index is 674. The minimum Gasteiger partial charge on any atom is -0.468 e. The van der Waals surface area contributed by atoms with E-state index in [1.807, 2.05) is 0 Å². The molecule has 2 rings (SSSR count). The highest BCUT2D eigenvalue weighted by molar-refractivity contribution is 5.92. The maximum Gasteiger partial charge on any atom is 0.422 e. The SMILES string of the molecule is Cc1cc(C(=O)NCc2ccc(OCC(F)(F)F)nc2)ncn1. The minimum absolute atomic E-state index is 0.135. The third-order valence-corrected chi connectivity index (χ3v) is 2.67. The number of amides is 1. The molecule has 0 saturated carbocycles. The number of hydrogen-bond donors (Lipinski definition) is 1. The van der Waals surface area contributed by atoms with Crippen molar-refractivity contribution in [3.63, 3.8) is 0 Å². The quantitative estimate of drug-likeness (QED) is 0.910. The minimum atomic E-state index is -4.41. The molecule has 0 radical (unpaired) electrons. The Morgan fingerprint density at radius 1 is 1.26 bits per heavy atom. The average molecular weight is 326 g/mol. The van der Waals surface area contributed by atoms with Crippen LogP contribution in [0.3, 0.4) is 0 Å². The number of rotatable bonds is 5. The molecule has 0 atom stereocenters. The fraction of sp³-hybridized carbons (Fsp3) is 0.286. The van der Waals surface area contributed by atoms with E-state index in [2.05, 4.69) is 25.0 Å². The predicted octanol–water partition coefficient (Wildman–Crippen LogP) is 2.05. The molecule has 9 heteroatoms. The maximum absolute atomic E-state index is 12.0. The second kappa shape index (κ2) is 7.03. The molecule has 0 fully saturated rings. The second-order valence-corrected chi connectivity index (χ2v) is 4.64. The van der Waals surface area contributed by atoms with Crippen LogP contribution in [0.5, 0.6) is 5.88 Å². The van der Waals surface area contributed by atoms with Gasteiger partial charge in [-0.25, -0.2) is 15.0 Å². The fourth-order valence-corrected chi connectivity index (χ4v) is 1.61. The predicted molar refractivity (Wildman–Crippen MR) is 73.7 cm³/mol. The Labute approximate surface area is 129 Å². The molecule has 1 N–H and O–H groups in total.